The van der Waals surface area contributed by atoms with Gasteiger partial charge in [-0.05, 0) is 26.2 Å². The molecule has 1 aliphatic rings. The van der Waals surface area contributed by atoms with Crippen LogP contribution in [0.4, 0.5) is 0 Å². The number of nitrogens with zero attached hydrogens (tertiary/aromatic N) is 2. The van der Waals surface area contributed by atoms with E-state index >= 15 is 0 Å². The first-order chi connectivity index (χ1) is 7.47. The monoisotopic (exact) mass is 228 g/mol. The van der Waals surface area contributed by atoms with Crippen LogP contribution in [0.1, 0.15) is 27.2 Å². The van der Waals surface area contributed by atoms with Crippen LogP contribution in [-0.2, 0) is 4.79 Å². The number of aliphatic hydroxyl groups is 1. The highest BCUT2D eigenvalue weighted by molar-refractivity contribution is 5.82. The van der Waals surface area contributed by atoms with Crippen molar-refractivity contribution in [2.24, 2.45) is 5.92 Å². The quantitative estimate of drug-likeness (QED) is 0.767. The van der Waals surface area contributed by atoms with Crippen molar-refractivity contribution in [2.75, 3.05) is 26.7 Å². The third kappa shape index (κ3) is 2.95. The van der Waals surface area contributed by atoms with Gasteiger partial charge in [-0.2, -0.15) is 0 Å². The van der Waals surface area contributed by atoms with E-state index in [0.717, 1.165) is 13.1 Å². The van der Waals surface area contributed by atoms with E-state index in [1.54, 1.807) is 4.90 Å². The normalized spacial score (nSPS) is 28.6. The number of aliphatic hydroxyl groups excluding tert-OH is 1. The second-order valence-electron chi connectivity index (χ2n) is 5.14. The minimum absolute atomic E-state index is 0.0713. The maximum atomic E-state index is 12.2. The Bertz CT molecular complexity index is 243. The van der Waals surface area contributed by atoms with Crippen molar-refractivity contribution in [3.05, 3.63) is 0 Å². The first-order valence-electron chi connectivity index (χ1n) is 6.09. The van der Waals surface area contributed by atoms with Gasteiger partial charge >= 0.3 is 0 Å². The van der Waals surface area contributed by atoms with E-state index in [9.17, 15) is 4.79 Å². The first kappa shape index (κ1) is 13.5. The molecule has 1 N–H and O–H groups in total. The lowest BCUT2D eigenvalue weighted by molar-refractivity contribution is -0.135. The van der Waals surface area contributed by atoms with Crippen molar-refractivity contribution in [1.82, 2.24) is 9.80 Å². The Balaban J connectivity index is 2.89. The van der Waals surface area contributed by atoms with Crippen LogP contribution in [0.25, 0.3) is 0 Å². The zero-order chi connectivity index (χ0) is 12.3. The van der Waals surface area contributed by atoms with Crippen LogP contribution in [0.2, 0.25) is 0 Å². The van der Waals surface area contributed by atoms with Gasteiger partial charge in [0, 0.05) is 32.8 Å². The Morgan fingerprint density at radius 1 is 1.44 bits per heavy atom. The summed E-state index contributed by atoms with van der Waals surface area (Å²) >= 11 is 0. The summed E-state index contributed by atoms with van der Waals surface area (Å²) in [7, 11) is 1.85. The second kappa shape index (κ2) is 5.64. The predicted octanol–water partition coefficient (Wildman–Crippen LogP) is 0.556. The molecule has 0 spiro atoms. The Labute approximate surface area is 98.2 Å². The van der Waals surface area contributed by atoms with Gasteiger partial charge in [0.15, 0.2) is 0 Å². The Kier molecular flexibility index (Phi) is 4.74. The van der Waals surface area contributed by atoms with Crippen molar-refractivity contribution >= 4 is 5.91 Å². The molecule has 1 heterocycles. The summed E-state index contributed by atoms with van der Waals surface area (Å²) in [5, 5.41) is 9.08. The molecule has 2 atom stereocenters. The van der Waals surface area contributed by atoms with Crippen LogP contribution in [0.15, 0.2) is 0 Å². The highest BCUT2D eigenvalue weighted by Crippen LogP contribution is 2.19. The lowest BCUT2D eigenvalue weighted by Gasteiger charge is -2.33. The molecule has 0 saturated carbocycles. The molecule has 1 aliphatic heterocycles. The van der Waals surface area contributed by atoms with Crippen LogP contribution < -0.4 is 0 Å². The molecule has 0 aromatic heterocycles. The van der Waals surface area contributed by atoms with Crippen molar-refractivity contribution in [3.8, 4) is 0 Å². The topological polar surface area (TPSA) is 43.8 Å². The summed E-state index contributed by atoms with van der Waals surface area (Å²) < 4.78 is 0. The molecule has 1 saturated heterocycles. The Hall–Kier alpha value is -0.610. The molecule has 94 valence electrons. The number of hydrogen-bond donors (Lipinski definition) is 1. The molecule has 1 fully saturated rings. The Morgan fingerprint density at radius 2 is 2.06 bits per heavy atom. The predicted molar refractivity (Wildman–Crippen MR) is 64.1 cm³/mol. The molecule has 0 aliphatic carbocycles. The number of rotatable bonds is 3. The SMILES string of the molecule is CC1CN(C)C(=O)C(CCO)N(C(C)C)C1. The largest absolute Gasteiger partial charge is 0.396 e. The fraction of sp³-hybridized carbons (Fsp3) is 0.917. The van der Waals surface area contributed by atoms with Crippen molar-refractivity contribution in [2.45, 2.75) is 39.3 Å². The van der Waals surface area contributed by atoms with Crippen molar-refractivity contribution < 1.29 is 9.90 Å². The summed E-state index contributed by atoms with van der Waals surface area (Å²) in [5.41, 5.74) is 0. The molecule has 0 radical (unpaired) electrons. The van der Waals surface area contributed by atoms with Gasteiger partial charge < -0.3 is 10.0 Å². The minimum Gasteiger partial charge on any atom is -0.396 e. The molecule has 2 unspecified atom stereocenters. The van der Waals surface area contributed by atoms with E-state index in [1.807, 2.05) is 7.05 Å². The molecule has 0 aromatic rings. The summed E-state index contributed by atoms with van der Waals surface area (Å²) in [5.74, 6) is 0.632. The van der Waals surface area contributed by atoms with Gasteiger partial charge in [0.25, 0.3) is 0 Å². The molecule has 0 aromatic carbocycles. The number of carbonyl (C=O) groups is 1. The van der Waals surface area contributed by atoms with Crippen molar-refractivity contribution in [1.29, 1.82) is 0 Å². The minimum atomic E-state index is -0.153. The van der Waals surface area contributed by atoms with Gasteiger partial charge in [0.2, 0.25) is 5.91 Å². The van der Waals surface area contributed by atoms with E-state index < -0.39 is 0 Å². The van der Waals surface area contributed by atoms with Gasteiger partial charge in [-0.25, -0.2) is 0 Å². The molecule has 4 heteroatoms. The molecule has 1 rings (SSSR count). The lowest BCUT2D eigenvalue weighted by Crippen LogP contribution is -2.48. The fourth-order valence-corrected chi connectivity index (χ4v) is 2.48. The molecule has 4 nitrogen and oxygen atoms in total. The third-order valence-corrected chi connectivity index (χ3v) is 3.24. The van der Waals surface area contributed by atoms with E-state index in [4.69, 9.17) is 5.11 Å². The highest BCUT2D eigenvalue weighted by Gasteiger charge is 2.34. The molecular weight excluding hydrogens is 204 g/mol. The molecule has 1 amide bonds. The standard InChI is InChI=1S/C12H24N2O2/c1-9(2)14-8-10(3)7-13(4)12(16)11(14)5-6-15/h9-11,15H,5-8H2,1-4H3. The summed E-state index contributed by atoms with van der Waals surface area (Å²) in [6, 6.07) is 0.189. The van der Waals surface area contributed by atoms with E-state index in [2.05, 4.69) is 25.7 Å². The molecular formula is C12H24N2O2. The molecule has 0 bridgehead atoms. The van der Waals surface area contributed by atoms with Crippen LogP contribution in [0, 0.1) is 5.92 Å². The van der Waals surface area contributed by atoms with E-state index in [0.29, 0.717) is 18.4 Å². The van der Waals surface area contributed by atoms with Crippen LogP contribution in [-0.4, -0.2) is 59.6 Å². The first-order valence-corrected chi connectivity index (χ1v) is 6.09. The maximum Gasteiger partial charge on any atom is 0.239 e. The van der Waals surface area contributed by atoms with E-state index in [1.165, 1.54) is 0 Å². The van der Waals surface area contributed by atoms with Crippen molar-refractivity contribution in [3.63, 3.8) is 0 Å². The van der Waals surface area contributed by atoms with E-state index in [-0.39, 0.29) is 18.6 Å². The summed E-state index contributed by atoms with van der Waals surface area (Å²) in [6.45, 7) is 8.19. The van der Waals surface area contributed by atoms with Gasteiger partial charge in [0.1, 0.15) is 0 Å². The van der Waals surface area contributed by atoms with Crippen LogP contribution >= 0.6 is 0 Å². The number of hydrogen-bond acceptors (Lipinski definition) is 3. The third-order valence-electron chi connectivity index (χ3n) is 3.24. The Morgan fingerprint density at radius 3 is 2.56 bits per heavy atom. The highest BCUT2D eigenvalue weighted by atomic mass is 16.3. The number of likely N-dealkylation sites (N-methyl/N-ethyl adjacent to an activating group) is 1. The lowest BCUT2D eigenvalue weighted by atomic mass is 10.1. The smallest absolute Gasteiger partial charge is 0.239 e. The zero-order valence-electron chi connectivity index (χ0n) is 10.8. The fourth-order valence-electron chi connectivity index (χ4n) is 2.48. The average molecular weight is 228 g/mol. The van der Waals surface area contributed by atoms with Gasteiger partial charge in [0.05, 0.1) is 6.04 Å². The summed E-state index contributed by atoms with van der Waals surface area (Å²) in [6.07, 6.45) is 0.536. The number of carbonyl (C=O) groups excluding carboxylic acids is 1. The van der Waals surface area contributed by atoms with Gasteiger partial charge in [-0.3, -0.25) is 9.69 Å². The zero-order valence-corrected chi connectivity index (χ0v) is 10.8. The maximum absolute atomic E-state index is 12.2. The van der Waals surface area contributed by atoms with Gasteiger partial charge in [-0.1, -0.05) is 6.92 Å². The average Bonchev–Trinajstić information content (AvgIpc) is 2.30. The van der Waals surface area contributed by atoms with Crippen LogP contribution in [0.5, 0.6) is 0 Å². The molecule has 16 heavy (non-hydrogen) atoms. The second-order valence-corrected chi connectivity index (χ2v) is 5.14. The van der Waals surface area contributed by atoms with Gasteiger partial charge in [-0.15, -0.1) is 0 Å². The van der Waals surface area contributed by atoms with Crippen LogP contribution in [0.3, 0.4) is 0 Å². The number of amides is 1. The summed E-state index contributed by atoms with van der Waals surface area (Å²) in [4.78, 5) is 16.2.